The molecule has 28 heavy (non-hydrogen) atoms. The molecule has 0 spiro atoms. The molecule has 4 rings (SSSR count). The number of hydrogen-bond acceptors (Lipinski definition) is 4. The average molecular weight is 393 g/mol. The summed E-state index contributed by atoms with van der Waals surface area (Å²) < 4.78 is 7.85. The van der Waals surface area contributed by atoms with Gasteiger partial charge in [-0.1, -0.05) is 12.1 Å². The van der Waals surface area contributed by atoms with Crippen LogP contribution in [0.15, 0.2) is 66.1 Å². The van der Waals surface area contributed by atoms with E-state index in [1.54, 1.807) is 24.3 Å². The molecule has 1 aromatic heterocycles. The Labute approximate surface area is 169 Å². The first-order valence-corrected chi connectivity index (χ1v) is 10.8. The van der Waals surface area contributed by atoms with Crippen LogP contribution in [0.5, 0.6) is 5.75 Å². The van der Waals surface area contributed by atoms with Gasteiger partial charge in [0, 0.05) is 28.8 Å². The molecule has 0 saturated carbocycles. The molecule has 0 fully saturated rings. The predicted molar refractivity (Wildman–Crippen MR) is 112 cm³/mol. The molecule has 1 aliphatic carbocycles. The second-order valence-electron chi connectivity index (χ2n) is 7.12. The number of benzene rings is 2. The van der Waals surface area contributed by atoms with E-state index in [0.29, 0.717) is 6.61 Å². The van der Waals surface area contributed by atoms with Gasteiger partial charge in [-0.05, 0) is 67.0 Å². The zero-order valence-electron chi connectivity index (χ0n) is 16.0. The molecule has 5 heteroatoms. The Bertz CT molecular complexity index is 936. The molecular weight excluding hydrogens is 368 g/mol. The molecule has 0 bridgehead atoms. The number of Topliss-reactive ketones (excluding diaryl/α,β-unsaturated/α-hetero) is 1. The van der Waals surface area contributed by atoms with Crippen LogP contribution in [0.1, 0.15) is 27.9 Å². The quantitative estimate of drug-likeness (QED) is 0.548. The summed E-state index contributed by atoms with van der Waals surface area (Å²) in [6, 6.07) is 14.4. The average Bonchev–Trinajstić information content (AvgIpc) is 3.24. The van der Waals surface area contributed by atoms with E-state index in [1.165, 1.54) is 10.5 Å². The number of carbonyl (C=O) groups is 1. The van der Waals surface area contributed by atoms with E-state index in [4.69, 9.17) is 4.74 Å². The van der Waals surface area contributed by atoms with E-state index < -0.39 is 0 Å². The van der Waals surface area contributed by atoms with Gasteiger partial charge in [0.15, 0.2) is 5.78 Å². The Kier molecular flexibility index (Phi) is 5.81. The first kappa shape index (κ1) is 18.8. The molecule has 0 amide bonds. The molecule has 1 heterocycles. The number of ether oxygens (including phenoxy) is 1. The van der Waals surface area contributed by atoms with Crippen LogP contribution in [0.4, 0.5) is 0 Å². The number of nitrogens with zero attached hydrogens (tertiary/aromatic N) is 2. The molecule has 0 N–H and O–H groups in total. The monoisotopic (exact) mass is 392 g/mol. The van der Waals surface area contributed by atoms with Crippen molar-refractivity contribution in [2.24, 2.45) is 5.92 Å². The number of fused-ring (bicyclic) bond motifs is 1. The third-order valence-electron chi connectivity index (χ3n) is 5.29. The number of hydrogen-bond donors (Lipinski definition) is 0. The zero-order chi connectivity index (χ0) is 19.3. The maximum Gasteiger partial charge on any atom is 0.166 e. The van der Waals surface area contributed by atoms with Crippen molar-refractivity contribution in [2.45, 2.75) is 30.7 Å². The Morgan fingerprint density at radius 3 is 2.82 bits per heavy atom. The van der Waals surface area contributed by atoms with Gasteiger partial charge in [0.2, 0.25) is 0 Å². The summed E-state index contributed by atoms with van der Waals surface area (Å²) in [6.45, 7) is 1.34. The van der Waals surface area contributed by atoms with E-state index in [0.717, 1.165) is 42.7 Å². The van der Waals surface area contributed by atoms with Crippen LogP contribution in [0.3, 0.4) is 0 Å². The lowest BCUT2D eigenvalue weighted by atomic mass is 9.79. The normalized spacial score (nSPS) is 16.0. The van der Waals surface area contributed by atoms with Crippen LogP contribution in [-0.2, 0) is 19.4 Å². The number of carbonyl (C=O) groups excluding carboxylic acids is 1. The van der Waals surface area contributed by atoms with Crippen molar-refractivity contribution in [3.8, 4) is 5.75 Å². The van der Waals surface area contributed by atoms with E-state index in [1.807, 2.05) is 29.0 Å². The molecule has 4 nitrogen and oxygen atoms in total. The fraction of sp³-hybridized carbons (Fsp3) is 0.304. The molecule has 0 radical (unpaired) electrons. The van der Waals surface area contributed by atoms with Crippen molar-refractivity contribution in [2.75, 3.05) is 12.9 Å². The summed E-state index contributed by atoms with van der Waals surface area (Å²) in [5.74, 6) is 1.17. The number of aromatic nitrogens is 2. The maximum absolute atomic E-state index is 13.0. The first-order chi connectivity index (χ1) is 13.7. The van der Waals surface area contributed by atoms with Crippen LogP contribution in [-0.4, -0.2) is 28.2 Å². The topological polar surface area (TPSA) is 44.1 Å². The number of aryl methyl sites for hydroxylation is 1. The predicted octanol–water partition coefficient (Wildman–Crippen LogP) is 4.67. The lowest BCUT2D eigenvalue weighted by Gasteiger charge is -2.24. The van der Waals surface area contributed by atoms with Gasteiger partial charge >= 0.3 is 0 Å². The summed E-state index contributed by atoms with van der Waals surface area (Å²) in [6.07, 6.45) is 10.2. The summed E-state index contributed by atoms with van der Waals surface area (Å²) in [5, 5.41) is 0. The van der Waals surface area contributed by atoms with Gasteiger partial charge in [0.25, 0.3) is 0 Å². The number of rotatable bonds is 7. The first-order valence-electron chi connectivity index (χ1n) is 9.61. The summed E-state index contributed by atoms with van der Waals surface area (Å²) in [7, 11) is 0. The summed E-state index contributed by atoms with van der Waals surface area (Å²) in [4.78, 5) is 18.3. The highest BCUT2D eigenvalue weighted by molar-refractivity contribution is 7.98. The van der Waals surface area contributed by atoms with Crippen LogP contribution < -0.4 is 4.74 Å². The van der Waals surface area contributed by atoms with Crippen LogP contribution in [0.25, 0.3) is 0 Å². The van der Waals surface area contributed by atoms with Gasteiger partial charge in [-0.25, -0.2) is 4.98 Å². The van der Waals surface area contributed by atoms with E-state index in [2.05, 4.69) is 35.5 Å². The third-order valence-corrected chi connectivity index (χ3v) is 6.04. The fourth-order valence-corrected chi connectivity index (χ4v) is 4.12. The van der Waals surface area contributed by atoms with E-state index in [9.17, 15) is 4.79 Å². The number of imidazole rings is 1. The van der Waals surface area contributed by atoms with E-state index in [-0.39, 0.29) is 11.7 Å². The Balaban J connectivity index is 1.38. The minimum atomic E-state index is 0.0700. The van der Waals surface area contributed by atoms with Gasteiger partial charge in [0.1, 0.15) is 12.4 Å². The Hall–Kier alpha value is -2.53. The van der Waals surface area contributed by atoms with Gasteiger partial charge in [-0.2, -0.15) is 0 Å². The lowest BCUT2D eigenvalue weighted by Crippen LogP contribution is -2.24. The summed E-state index contributed by atoms with van der Waals surface area (Å²) >= 11 is 1.74. The van der Waals surface area contributed by atoms with E-state index >= 15 is 0 Å². The van der Waals surface area contributed by atoms with Crippen molar-refractivity contribution in [1.29, 1.82) is 0 Å². The SMILES string of the molecule is CSc1ccc(CC2CCc3cc(OCCn4ccnc4)ccc3C2=O)cc1. The molecule has 1 unspecified atom stereocenters. The van der Waals surface area contributed by atoms with Crippen LogP contribution in [0, 0.1) is 5.92 Å². The van der Waals surface area contributed by atoms with Crippen LogP contribution in [0.2, 0.25) is 0 Å². The van der Waals surface area contributed by atoms with Gasteiger partial charge in [-0.15, -0.1) is 11.8 Å². The summed E-state index contributed by atoms with van der Waals surface area (Å²) in [5.41, 5.74) is 3.21. The molecule has 2 aromatic carbocycles. The van der Waals surface area contributed by atoms with Crippen molar-refractivity contribution < 1.29 is 9.53 Å². The second kappa shape index (κ2) is 8.65. The number of ketones is 1. The Morgan fingerprint density at radius 1 is 1.21 bits per heavy atom. The Morgan fingerprint density at radius 2 is 2.07 bits per heavy atom. The van der Waals surface area contributed by atoms with Gasteiger partial charge < -0.3 is 9.30 Å². The molecular formula is C23H24N2O2S. The smallest absolute Gasteiger partial charge is 0.166 e. The molecule has 3 aromatic rings. The molecule has 1 atom stereocenters. The van der Waals surface area contributed by atoms with Crippen molar-refractivity contribution in [3.63, 3.8) is 0 Å². The van der Waals surface area contributed by atoms with Gasteiger partial charge in [0.05, 0.1) is 12.9 Å². The van der Waals surface area contributed by atoms with Crippen LogP contribution >= 0.6 is 11.8 Å². The number of thioether (sulfide) groups is 1. The minimum Gasteiger partial charge on any atom is -0.492 e. The highest BCUT2D eigenvalue weighted by Crippen LogP contribution is 2.31. The highest BCUT2D eigenvalue weighted by atomic mass is 32.2. The van der Waals surface area contributed by atoms with Crippen molar-refractivity contribution in [1.82, 2.24) is 9.55 Å². The molecule has 144 valence electrons. The highest BCUT2D eigenvalue weighted by Gasteiger charge is 2.27. The molecule has 0 saturated heterocycles. The third kappa shape index (κ3) is 4.30. The van der Waals surface area contributed by atoms with Crippen molar-refractivity contribution in [3.05, 3.63) is 77.9 Å². The van der Waals surface area contributed by atoms with Gasteiger partial charge in [-0.3, -0.25) is 4.79 Å². The maximum atomic E-state index is 13.0. The fourth-order valence-electron chi connectivity index (χ4n) is 3.72. The lowest BCUT2D eigenvalue weighted by molar-refractivity contribution is 0.0901. The van der Waals surface area contributed by atoms with Crippen molar-refractivity contribution >= 4 is 17.5 Å². The molecule has 1 aliphatic rings. The largest absolute Gasteiger partial charge is 0.492 e. The second-order valence-corrected chi connectivity index (χ2v) is 8.00. The minimum absolute atomic E-state index is 0.0700. The zero-order valence-corrected chi connectivity index (χ0v) is 16.8. The standard InChI is InChI=1S/C23H24N2O2S/c1-28-21-7-2-17(3-8-21)14-19-5-4-18-15-20(6-9-22(18)23(19)26)27-13-12-25-11-10-24-16-25/h2-3,6-11,15-16,19H,4-5,12-14H2,1H3. The molecule has 0 aliphatic heterocycles.